The summed E-state index contributed by atoms with van der Waals surface area (Å²) in [6, 6.07) is 8.34. The molecule has 1 aromatic carbocycles. The highest BCUT2D eigenvalue weighted by Gasteiger charge is 2.35. The molecule has 0 amide bonds. The zero-order valence-corrected chi connectivity index (χ0v) is 12.5. The van der Waals surface area contributed by atoms with Gasteiger partial charge in [-0.05, 0) is 24.6 Å². The lowest BCUT2D eigenvalue weighted by Gasteiger charge is -2.28. The van der Waals surface area contributed by atoms with Gasteiger partial charge in [0.05, 0.1) is 12.5 Å². The number of ether oxygens (including phenoxy) is 2. The highest BCUT2D eigenvalue weighted by molar-refractivity contribution is 5.92. The summed E-state index contributed by atoms with van der Waals surface area (Å²) < 4.78 is 10.6. The van der Waals surface area contributed by atoms with Crippen LogP contribution in [0.2, 0.25) is 0 Å². The number of pyridine rings is 1. The van der Waals surface area contributed by atoms with Crippen LogP contribution in [0.15, 0.2) is 54.2 Å². The molecule has 1 aromatic heterocycles. The number of hydrogen-bond donors (Lipinski definition) is 2. The SMILES string of the molecule is CCOC(=O)C1=C(N)Oc2cc(O)ccc2[C@@H]1c1cccnc1. The van der Waals surface area contributed by atoms with Crippen LogP contribution in [0.25, 0.3) is 0 Å². The minimum atomic E-state index is -0.530. The normalized spacial score (nSPS) is 16.5. The Morgan fingerprint density at radius 2 is 2.26 bits per heavy atom. The Hall–Kier alpha value is -3.02. The van der Waals surface area contributed by atoms with Gasteiger partial charge in [-0.25, -0.2) is 4.79 Å². The van der Waals surface area contributed by atoms with Gasteiger partial charge in [-0.2, -0.15) is 0 Å². The van der Waals surface area contributed by atoms with Crippen LogP contribution in [0.5, 0.6) is 11.5 Å². The van der Waals surface area contributed by atoms with Crippen LogP contribution >= 0.6 is 0 Å². The number of benzene rings is 1. The van der Waals surface area contributed by atoms with Crippen LogP contribution in [-0.4, -0.2) is 22.7 Å². The smallest absolute Gasteiger partial charge is 0.340 e. The molecule has 0 bridgehead atoms. The van der Waals surface area contributed by atoms with E-state index in [2.05, 4.69) is 4.98 Å². The van der Waals surface area contributed by atoms with Gasteiger partial charge in [0.15, 0.2) is 0 Å². The minimum absolute atomic E-state index is 0.0320. The largest absolute Gasteiger partial charge is 0.508 e. The first kappa shape index (κ1) is 14.9. The average molecular weight is 312 g/mol. The summed E-state index contributed by atoms with van der Waals surface area (Å²) in [5.74, 6) is -0.564. The highest BCUT2D eigenvalue weighted by atomic mass is 16.5. The van der Waals surface area contributed by atoms with Crippen LogP contribution in [0.3, 0.4) is 0 Å². The number of carbonyl (C=O) groups excluding carboxylic acids is 1. The molecule has 3 rings (SSSR count). The first-order valence-corrected chi connectivity index (χ1v) is 7.19. The third-order valence-electron chi connectivity index (χ3n) is 3.60. The topological polar surface area (TPSA) is 94.7 Å². The lowest BCUT2D eigenvalue weighted by atomic mass is 9.83. The van der Waals surface area contributed by atoms with Gasteiger partial charge in [0.1, 0.15) is 17.1 Å². The van der Waals surface area contributed by atoms with E-state index in [0.717, 1.165) is 5.56 Å². The number of nitrogens with zero attached hydrogens (tertiary/aromatic N) is 1. The zero-order valence-electron chi connectivity index (χ0n) is 12.5. The molecule has 0 fully saturated rings. The van der Waals surface area contributed by atoms with Gasteiger partial charge in [0.2, 0.25) is 5.88 Å². The number of fused-ring (bicyclic) bond motifs is 1. The van der Waals surface area contributed by atoms with E-state index in [0.29, 0.717) is 11.3 Å². The monoisotopic (exact) mass is 312 g/mol. The van der Waals surface area contributed by atoms with Crippen LogP contribution in [0, 0.1) is 0 Å². The van der Waals surface area contributed by atoms with Crippen molar-refractivity contribution in [2.75, 3.05) is 6.61 Å². The Bertz CT molecular complexity index is 771. The molecule has 23 heavy (non-hydrogen) atoms. The fourth-order valence-corrected chi connectivity index (χ4v) is 2.64. The highest BCUT2D eigenvalue weighted by Crippen LogP contribution is 2.43. The van der Waals surface area contributed by atoms with Crippen molar-refractivity contribution in [3.8, 4) is 11.5 Å². The predicted molar refractivity (Wildman–Crippen MR) is 82.7 cm³/mol. The number of aromatic nitrogens is 1. The molecule has 0 aliphatic carbocycles. The molecule has 1 atom stereocenters. The van der Waals surface area contributed by atoms with Gasteiger partial charge >= 0.3 is 5.97 Å². The van der Waals surface area contributed by atoms with E-state index >= 15 is 0 Å². The number of esters is 1. The lowest BCUT2D eigenvalue weighted by molar-refractivity contribution is -0.139. The van der Waals surface area contributed by atoms with E-state index < -0.39 is 11.9 Å². The van der Waals surface area contributed by atoms with Crippen LogP contribution in [0.4, 0.5) is 0 Å². The van der Waals surface area contributed by atoms with E-state index in [4.69, 9.17) is 15.2 Å². The second-order valence-corrected chi connectivity index (χ2v) is 5.04. The summed E-state index contributed by atoms with van der Waals surface area (Å²) in [6.07, 6.45) is 3.32. The summed E-state index contributed by atoms with van der Waals surface area (Å²) in [5, 5.41) is 9.65. The molecular weight excluding hydrogens is 296 g/mol. The van der Waals surface area contributed by atoms with Crippen molar-refractivity contribution in [3.63, 3.8) is 0 Å². The molecule has 0 radical (unpaired) electrons. The van der Waals surface area contributed by atoms with E-state index in [9.17, 15) is 9.90 Å². The summed E-state index contributed by atoms with van der Waals surface area (Å²) >= 11 is 0. The Kier molecular flexibility index (Phi) is 3.89. The number of hydrogen-bond acceptors (Lipinski definition) is 6. The van der Waals surface area contributed by atoms with Crippen molar-refractivity contribution in [2.24, 2.45) is 5.73 Å². The van der Waals surface area contributed by atoms with Crippen molar-refractivity contribution in [2.45, 2.75) is 12.8 Å². The number of nitrogens with two attached hydrogens (primary N) is 1. The molecule has 0 unspecified atom stereocenters. The summed E-state index contributed by atoms with van der Waals surface area (Å²) in [5.41, 5.74) is 7.69. The number of aromatic hydroxyl groups is 1. The molecule has 0 saturated heterocycles. The zero-order chi connectivity index (χ0) is 16.4. The first-order valence-electron chi connectivity index (χ1n) is 7.19. The van der Waals surface area contributed by atoms with Gasteiger partial charge in [-0.3, -0.25) is 4.98 Å². The number of phenolic OH excluding ortho intramolecular Hbond substituents is 1. The van der Waals surface area contributed by atoms with E-state index in [1.165, 1.54) is 12.1 Å². The Balaban J connectivity index is 2.18. The average Bonchev–Trinajstić information content (AvgIpc) is 2.54. The molecule has 118 valence electrons. The predicted octanol–water partition coefficient (Wildman–Crippen LogP) is 2.04. The third-order valence-corrected chi connectivity index (χ3v) is 3.60. The number of carbonyl (C=O) groups is 1. The van der Waals surface area contributed by atoms with Crippen molar-refractivity contribution in [3.05, 3.63) is 65.3 Å². The quantitative estimate of drug-likeness (QED) is 0.842. The summed E-state index contributed by atoms with van der Waals surface area (Å²) in [6.45, 7) is 1.96. The molecule has 6 nitrogen and oxygen atoms in total. The first-order chi connectivity index (χ1) is 11.1. The molecule has 0 spiro atoms. The second kappa shape index (κ2) is 6.00. The fraction of sp³-hybridized carbons (Fsp3) is 0.176. The molecule has 2 heterocycles. The molecule has 0 saturated carbocycles. The third kappa shape index (κ3) is 2.70. The Labute approximate surface area is 133 Å². The van der Waals surface area contributed by atoms with Crippen LogP contribution in [-0.2, 0) is 9.53 Å². The molecule has 1 aliphatic heterocycles. The van der Waals surface area contributed by atoms with Crippen LogP contribution in [0.1, 0.15) is 24.0 Å². The molecular formula is C17H16N2O4. The second-order valence-electron chi connectivity index (χ2n) is 5.04. The molecule has 2 aromatic rings. The van der Waals surface area contributed by atoms with Crippen molar-refractivity contribution in [1.29, 1.82) is 0 Å². The van der Waals surface area contributed by atoms with Crippen molar-refractivity contribution in [1.82, 2.24) is 4.98 Å². The summed E-state index contributed by atoms with van der Waals surface area (Å²) in [7, 11) is 0. The summed E-state index contributed by atoms with van der Waals surface area (Å²) in [4.78, 5) is 16.5. The molecule has 3 N–H and O–H groups in total. The van der Waals surface area contributed by atoms with E-state index in [1.54, 1.807) is 31.5 Å². The van der Waals surface area contributed by atoms with Crippen molar-refractivity contribution >= 4 is 5.97 Å². The maximum absolute atomic E-state index is 12.4. The van der Waals surface area contributed by atoms with E-state index in [-0.39, 0.29) is 23.8 Å². The Morgan fingerprint density at radius 1 is 1.43 bits per heavy atom. The van der Waals surface area contributed by atoms with Crippen LogP contribution < -0.4 is 10.5 Å². The van der Waals surface area contributed by atoms with Gasteiger partial charge in [0, 0.05) is 24.0 Å². The minimum Gasteiger partial charge on any atom is -0.508 e. The molecule has 6 heteroatoms. The fourth-order valence-electron chi connectivity index (χ4n) is 2.64. The molecule has 1 aliphatic rings. The lowest BCUT2D eigenvalue weighted by Crippen LogP contribution is -2.27. The van der Waals surface area contributed by atoms with E-state index in [1.807, 2.05) is 6.07 Å². The van der Waals surface area contributed by atoms with Crippen molar-refractivity contribution < 1.29 is 19.4 Å². The van der Waals surface area contributed by atoms with Gasteiger partial charge < -0.3 is 20.3 Å². The Morgan fingerprint density at radius 3 is 2.96 bits per heavy atom. The van der Waals surface area contributed by atoms with Gasteiger partial charge in [-0.15, -0.1) is 0 Å². The van der Waals surface area contributed by atoms with Gasteiger partial charge in [0.25, 0.3) is 0 Å². The number of phenols is 1. The maximum atomic E-state index is 12.4. The maximum Gasteiger partial charge on any atom is 0.340 e. The number of rotatable bonds is 3. The standard InChI is InChI=1S/C17H16N2O4/c1-2-22-17(21)15-14(10-4-3-7-19-9-10)12-6-5-11(20)8-13(12)23-16(15)18/h3-9,14,20H,2,18H2,1H3/t14-/m0/s1. The van der Waals surface area contributed by atoms with Gasteiger partial charge in [-0.1, -0.05) is 12.1 Å².